The van der Waals surface area contributed by atoms with Gasteiger partial charge < -0.3 is 9.47 Å². The molecule has 0 fully saturated rings. The van der Waals surface area contributed by atoms with Crippen molar-refractivity contribution in [1.29, 1.82) is 0 Å². The van der Waals surface area contributed by atoms with Crippen molar-refractivity contribution in [3.63, 3.8) is 0 Å². The van der Waals surface area contributed by atoms with Gasteiger partial charge in [-0.1, -0.05) is 51.5 Å². The molecule has 5 nitrogen and oxygen atoms in total. The van der Waals surface area contributed by atoms with Crippen LogP contribution in [-0.2, 0) is 23.9 Å². The Labute approximate surface area is 162 Å². The average Bonchev–Trinajstić information content (AvgIpc) is 2.52. The third-order valence-electron chi connectivity index (χ3n) is 3.73. The second kappa shape index (κ2) is 12.2. The summed E-state index contributed by atoms with van der Waals surface area (Å²) in [6.45, 7) is 13.5. The summed E-state index contributed by atoms with van der Waals surface area (Å²) in [5, 5.41) is 0.172. The Morgan fingerprint density at radius 1 is 0.962 bits per heavy atom. The van der Waals surface area contributed by atoms with E-state index in [2.05, 4.69) is 6.58 Å². The highest BCUT2D eigenvalue weighted by molar-refractivity contribution is 8.14. The summed E-state index contributed by atoms with van der Waals surface area (Å²) in [4.78, 5) is 36.9. The second-order valence-electron chi connectivity index (χ2n) is 7.16. The van der Waals surface area contributed by atoms with E-state index in [9.17, 15) is 14.4 Å². The van der Waals surface area contributed by atoms with E-state index in [0.29, 0.717) is 19.3 Å². The fraction of sp³-hybridized carbons (Fsp3) is 0.750. The van der Waals surface area contributed by atoms with Crippen molar-refractivity contribution >= 4 is 28.8 Å². The molecule has 0 atom stereocenters. The molecule has 0 aliphatic rings. The Hall–Kier alpha value is -1.30. The number of hydrogen-bond acceptors (Lipinski definition) is 6. The number of hydrogen-bond donors (Lipinski definition) is 0. The SMILES string of the molecule is C=CCC(CCCCCC(=O)SC(C)(C)C)(C(=O)OCC)C(=O)OCC. The maximum atomic E-state index is 12.5. The molecule has 0 saturated heterocycles. The number of esters is 2. The number of ether oxygens (including phenoxy) is 2. The Balaban J connectivity index is 4.77. The topological polar surface area (TPSA) is 69.7 Å². The normalized spacial score (nSPS) is 11.7. The Morgan fingerprint density at radius 3 is 1.92 bits per heavy atom. The van der Waals surface area contributed by atoms with Gasteiger partial charge in [0.05, 0.1) is 13.2 Å². The number of carbonyl (C=O) groups is 3. The van der Waals surface area contributed by atoms with Gasteiger partial charge in [0.15, 0.2) is 10.5 Å². The Kier molecular flexibility index (Phi) is 11.5. The molecule has 0 spiro atoms. The molecule has 0 aliphatic carbocycles. The highest BCUT2D eigenvalue weighted by Gasteiger charge is 2.47. The lowest BCUT2D eigenvalue weighted by atomic mass is 9.79. The van der Waals surface area contributed by atoms with Gasteiger partial charge in [-0.05, 0) is 33.1 Å². The van der Waals surface area contributed by atoms with Gasteiger partial charge in [0.1, 0.15) is 0 Å². The van der Waals surface area contributed by atoms with Crippen LogP contribution < -0.4 is 0 Å². The van der Waals surface area contributed by atoms with E-state index >= 15 is 0 Å². The summed E-state index contributed by atoms with van der Waals surface area (Å²) in [5.74, 6) is -1.12. The van der Waals surface area contributed by atoms with E-state index in [1.54, 1.807) is 19.9 Å². The average molecular weight is 387 g/mol. The van der Waals surface area contributed by atoms with E-state index in [0.717, 1.165) is 12.8 Å². The third-order valence-corrected chi connectivity index (χ3v) is 4.77. The molecule has 0 aliphatic heterocycles. The number of allylic oxidation sites excluding steroid dienone is 1. The summed E-state index contributed by atoms with van der Waals surface area (Å²) >= 11 is 1.35. The molecule has 0 radical (unpaired) electrons. The lowest BCUT2D eigenvalue weighted by Gasteiger charge is -2.28. The molecule has 0 saturated carbocycles. The molecule has 6 heteroatoms. The quantitative estimate of drug-likeness (QED) is 0.210. The lowest BCUT2D eigenvalue weighted by molar-refractivity contribution is -0.172. The number of rotatable bonds is 12. The van der Waals surface area contributed by atoms with Crippen molar-refractivity contribution in [2.45, 2.75) is 77.9 Å². The standard InChI is InChI=1S/C20H34O5S/c1-7-14-20(17(22)24-8-2,18(23)25-9-3)15-12-10-11-13-16(21)26-19(4,5)6/h7H,1,8-15H2,2-6H3. The fourth-order valence-corrected chi connectivity index (χ4v) is 3.54. The second-order valence-corrected chi connectivity index (χ2v) is 9.05. The van der Waals surface area contributed by atoms with E-state index < -0.39 is 17.4 Å². The fourth-order valence-electron chi connectivity index (χ4n) is 2.61. The van der Waals surface area contributed by atoms with E-state index in [1.165, 1.54) is 11.8 Å². The van der Waals surface area contributed by atoms with Gasteiger partial charge in [0.25, 0.3) is 0 Å². The minimum atomic E-state index is -1.34. The van der Waals surface area contributed by atoms with Crippen molar-refractivity contribution in [2.24, 2.45) is 5.41 Å². The molecule has 0 aromatic rings. The van der Waals surface area contributed by atoms with Crippen LogP contribution >= 0.6 is 11.8 Å². The predicted octanol–water partition coefficient (Wildman–Crippen LogP) is 4.68. The molecular formula is C20H34O5S. The third kappa shape index (κ3) is 8.88. The van der Waals surface area contributed by atoms with Gasteiger partial charge in [0, 0.05) is 11.2 Å². The van der Waals surface area contributed by atoms with Gasteiger partial charge in [-0.2, -0.15) is 0 Å². The molecule has 0 N–H and O–H groups in total. The van der Waals surface area contributed by atoms with Crippen LogP contribution in [0, 0.1) is 5.41 Å². The van der Waals surface area contributed by atoms with Crippen LogP contribution in [0.4, 0.5) is 0 Å². The van der Waals surface area contributed by atoms with Crippen LogP contribution in [0.5, 0.6) is 0 Å². The van der Waals surface area contributed by atoms with Gasteiger partial charge >= 0.3 is 11.9 Å². The zero-order chi connectivity index (χ0) is 20.2. The van der Waals surface area contributed by atoms with Gasteiger partial charge in [-0.15, -0.1) is 6.58 Å². The monoisotopic (exact) mass is 386 g/mol. The molecule has 0 unspecified atom stereocenters. The first kappa shape index (κ1) is 24.7. The highest BCUT2D eigenvalue weighted by atomic mass is 32.2. The van der Waals surface area contributed by atoms with Crippen LogP contribution in [0.15, 0.2) is 12.7 Å². The van der Waals surface area contributed by atoms with Crippen LogP contribution in [0.1, 0.15) is 73.1 Å². The van der Waals surface area contributed by atoms with Gasteiger partial charge in [0.2, 0.25) is 0 Å². The first-order chi connectivity index (χ1) is 12.1. The number of unbranched alkanes of at least 4 members (excludes halogenated alkanes) is 2. The van der Waals surface area contributed by atoms with Crippen molar-refractivity contribution in [2.75, 3.05) is 13.2 Å². The summed E-state index contributed by atoms with van der Waals surface area (Å²) in [5.41, 5.74) is -1.34. The summed E-state index contributed by atoms with van der Waals surface area (Å²) in [6.07, 6.45) is 4.69. The maximum absolute atomic E-state index is 12.5. The number of carbonyl (C=O) groups excluding carboxylic acids is 3. The molecule has 0 heterocycles. The van der Waals surface area contributed by atoms with Crippen molar-refractivity contribution in [1.82, 2.24) is 0 Å². The largest absolute Gasteiger partial charge is 0.465 e. The molecule has 0 rings (SSSR count). The molecule has 0 aromatic carbocycles. The summed E-state index contributed by atoms with van der Waals surface area (Å²) in [7, 11) is 0. The molecule has 0 amide bonds. The Bertz CT molecular complexity index is 461. The van der Waals surface area contributed by atoms with Gasteiger partial charge in [-0.25, -0.2) is 0 Å². The predicted molar refractivity (Wildman–Crippen MR) is 106 cm³/mol. The van der Waals surface area contributed by atoms with Crippen molar-refractivity contribution in [3.8, 4) is 0 Å². The minimum absolute atomic E-state index is 0.0793. The molecule has 150 valence electrons. The zero-order valence-corrected chi connectivity index (χ0v) is 17.7. The summed E-state index contributed by atoms with van der Waals surface area (Å²) < 4.78 is 10.2. The van der Waals surface area contributed by atoms with Crippen LogP contribution in [0.2, 0.25) is 0 Å². The molecule has 26 heavy (non-hydrogen) atoms. The smallest absolute Gasteiger partial charge is 0.323 e. The van der Waals surface area contributed by atoms with E-state index in [-0.39, 0.29) is 29.5 Å². The first-order valence-electron chi connectivity index (χ1n) is 9.30. The summed E-state index contributed by atoms with van der Waals surface area (Å²) in [6, 6.07) is 0. The maximum Gasteiger partial charge on any atom is 0.323 e. The van der Waals surface area contributed by atoms with Crippen LogP contribution in [0.25, 0.3) is 0 Å². The van der Waals surface area contributed by atoms with E-state index in [1.807, 2.05) is 20.8 Å². The van der Waals surface area contributed by atoms with Crippen LogP contribution in [-0.4, -0.2) is 35.0 Å². The van der Waals surface area contributed by atoms with Crippen molar-refractivity contribution < 1.29 is 23.9 Å². The van der Waals surface area contributed by atoms with Crippen LogP contribution in [0.3, 0.4) is 0 Å². The first-order valence-corrected chi connectivity index (χ1v) is 10.1. The minimum Gasteiger partial charge on any atom is -0.465 e. The zero-order valence-electron chi connectivity index (χ0n) is 16.9. The Morgan fingerprint density at radius 2 is 1.50 bits per heavy atom. The molecule has 0 bridgehead atoms. The number of thioether (sulfide) groups is 1. The van der Waals surface area contributed by atoms with Crippen molar-refractivity contribution in [3.05, 3.63) is 12.7 Å². The molecule has 0 aromatic heterocycles. The molecular weight excluding hydrogens is 352 g/mol. The van der Waals surface area contributed by atoms with E-state index in [4.69, 9.17) is 9.47 Å². The van der Waals surface area contributed by atoms with Gasteiger partial charge in [-0.3, -0.25) is 14.4 Å². The highest BCUT2D eigenvalue weighted by Crippen LogP contribution is 2.34. The lowest BCUT2D eigenvalue weighted by Crippen LogP contribution is -2.42.